The number of benzene rings is 2. The van der Waals surface area contributed by atoms with E-state index in [1.807, 2.05) is 60.7 Å². The Morgan fingerprint density at radius 2 is 1.57 bits per heavy atom. The van der Waals surface area contributed by atoms with Crippen molar-refractivity contribution in [2.24, 2.45) is 0 Å². The molecule has 0 spiro atoms. The number of nitrogens with zero attached hydrogens (tertiary/aromatic N) is 1. The van der Waals surface area contributed by atoms with Crippen LogP contribution >= 0.6 is 0 Å². The molecule has 1 heterocycles. The maximum atomic E-state index is 13.7. The Morgan fingerprint density at radius 3 is 2.23 bits per heavy atom. The van der Waals surface area contributed by atoms with Gasteiger partial charge in [0.2, 0.25) is 11.8 Å². The van der Waals surface area contributed by atoms with E-state index in [4.69, 9.17) is 4.42 Å². The van der Waals surface area contributed by atoms with Gasteiger partial charge in [-0.2, -0.15) is 0 Å². The Morgan fingerprint density at radius 1 is 0.886 bits per heavy atom. The van der Waals surface area contributed by atoms with Crippen LogP contribution in [0.2, 0.25) is 0 Å². The van der Waals surface area contributed by atoms with Crippen LogP contribution in [-0.4, -0.2) is 35.2 Å². The van der Waals surface area contributed by atoms with E-state index < -0.39 is 11.9 Å². The highest BCUT2D eigenvalue weighted by atomic mass is 16.3. The van der Waals surface area contributed by atoms with Gasteiger partial charge in [-0.25, -0.2) is 0 Å². The van der Waals surface area contributed by atoms with E-state index in [1.54, 1.807) is 11.0 Å². The fraction of sp³-hybridized carbons (Fsp3) is 0.321. The molecule has 3 amide bonds. The molecule has 1 unspecified atom stereocenters. The fourth-order valence-corrected chi connectivity index (χ4v) is 4.49. The highest BCUT2D eigenvalue weighted by Crippen LogP contribution is 2.25. The molecule has 7 heteroatoms. The van der Waals surface area contributed by atoms with Crippen LogP contribution in [0.5, 0.6) is 0 Å². The first kappa shape index (κ1) is 24.3. The van der Waals surface area contributed by atoms with Crippen LogP contribution in [0, 0.1) is 0 Å². The van der Waals surface area contributed by atoms with Crippen molar-refractivity contribution in [2.75, 3.05) is 6.54 Å². The molecule has 0 bridgehead atoms. The quantitative estimate of drug-likeness (QED) is 0.487. The standard InChI is InChI=1S/C28H31N3O4/c32-25(19-29-27(33)24-17-10-18-35-24)31(20-21-11-4-1-5-12-21)26(22-13-6-2-7-14-22)28(34)30-23-15-8-3-9-16-23/h1-2,4-7,10-14,17-18,23,26H,3,8-9,15-16,19-20H2,(H,29,33)(H,30,34). The summed E-state index contributed by atoms with van der Waals surface area (Å²) in [5, 5.41) is 5.81. The van der Waals surface area contributed by atoms with Gasteiger partial charge in [-0.15, -0.1) is 0 Å². The van der Waals surface area contributed by atoms with E-state index in [0.29, 0.717) is 0 Å². The van der Waals surface area contributed by atoms with Crippen LogP contribution in [0.3, 0.4) is 0 Å². The third-order valence-electron chi connectivity index (χ3n) is 6.29. The van der Waals surface area contributed by atoms with Gasteiger partial charge in [0.25, 0.3) is 5.91 Å². The third-order valence-corrected chi connectivity index (χ3v) is 6.29. The molecule has 0 aliphatic heterocycles. The molecule has 35 heavy (non-hydrogen) atoms. The average molecular weight is 474 g/mol. The number of furan rings is 1. The average Bonchev–Trinajstić information content (AvgIpc) is 3.44. The van der Waals surface area contributed by atoms with E-state index in [-0.39, 0.29) is 36.7 Å². The molecule has 1 aromatic heterocycles. The highest BCUT2D eigenvalue weighted by Gasteiger charge is 2.33. The summed E-state index contributed by atoms with van der Waals surface area (Å²) in [7, 11) is 0. The SMILES string of the molecule is O=C(NCC(=O)N(Cc1ccccc1)C(C(=O)NC1CCCCC1)c1ccccc1)c1ccco1. The van der Waals surface area contributed by atoms with Gasteiger partial charge in [0.1, 0.15) is 6.04 Å². The highest BCUT2D eigenvalue weighted by molar-refractivity contribution is 5.95. The third kappa shape index (κ3) is 6.59. The van der Waals surface area contributed by atoms with Crippen molar-refractivity contribution in [2.45, 2.75) is 50.7 Å². The Bertz CT molecular complexity index is 1090. The number of amides is 3. The van der Waals surface area contributed by atoms with Crippen molar-refractivity contribution in [3.63, 3.8) is 0 Å². The van der Waals surface area contributed by atoms with Crippen LogP contribution in [0.25, 0.3) is 0 Å². The molecule has 3 aromatic rings. The summed E-state index contributed by atoms with van der Waals surface area (Å²) in [6.45, 7) is -0.0274. The van der Waals surface area contributed by atoms with Gasteiger partial charge >= 0.3 is 0 Å². The first-order valence-electron chi connectivity index (χ1n) is 12.1. The van der Waals surface area contributed by atoms with E-state index in [9.17, 15) is 14.4 Å². The Balaban J connectivity index is 1.60. The number of nitrogens with one attached hydrogen (secondary N) is 2. The van der Waals surface area contributed by atoms with E-state index in [2.05, 4.69) is 10.6 Å². The van der Waals surface area contributed by atoms with Crippen molar-refractivity contribution in [1.82, 2.24) is 15.5 Å². The molecule has 1 aliphatic carbocycles. The molecule has 7 nitrogen and oxygen atoms in total. The predicted molar refractivity (Wildman–Crippen MR) is 132 cm³/mol. The molecule has 1 fully saturated rings. The van der Waals surface area contributed by atoms with Crippen LogP contribution in [0.15, 0.2) is 83.5 Å². The van der Waals surface area contributed by atoms with Gasteiger partial charge in [-0.05, 0) is 36.1 Å². The largest absolute Gasteiger partial charge is 0.459 e. The lowest BCUT2D eigenvalue weighted by Crippen LogP contribution is -2.49. The van der Waals surface area contributed by atoms with Gasteiger partial charge in [0.15, 0.2) is 5.76 Å². The Hall–Kier alpha value is -3.87. The minimum Gasteiger partial charge on any atom is -0.459 e. The first-order valence-corrected chi connectivity index (χ1v) is 12.1. The summed E-state index contributed by atoms with van der Waals surface area (Å²) in [6.07, 6.45) is 6.65. The molecule has 2 aromatic carbocycles. The van der Waals surface area contributed by atoms with Crippen molar-refractivity contribution in [1.29, 1.82) is 0 Å². The summed E-state index contributed by atoms with van der Waals surface area (Å²) in [6, 6.07) is 21.3. The van der Waals surface area contributed by atoms with Crippen molar-refractivity contribution >= 4 is 17.7 Å². The van der Waals surface area contributed by atoms with E-state index in [1.165, 1.54) is 18.8 Å². The van der Waals surface area contributed by atoms with Crippen LogP contribution in [0.1, 0.15) is 59.8 Å². The molecule has 2 N–H and O–H groups in total. The van der Waals surface area contributed by atoms with Gasteiger partial charge < -0.3 is 20.0 Å². The summed E-state index contributed by atoms with van der Waals surface area (Å²) >= 11 is 0. The number of carbonyl (C=O) groups is 3. The van der Waals surface area contributed by atoms with Gasteiger partial charge in [-0.1, -0.05) is 79.9 Å². The van der Waals surface area contributed by atoms with Crippen LogP contribution in [-0.2, 0) is 16.1 Å². The second-order valence-corrected chi connectivity index (χ2v) is 8.82. The van der Waals surface area contributed by atoms with Crippen LogP contribution in [0.4, 0.5) is 0 Å². The van der Waals surface area contributed by atoms with E-state index in [0.717, 1.165) is 36.8 Å². The second kappa shape index (κ2) is 12.0. The minimum atomic E-state index is -0.827. The maximum absolute atomic E-state index is 13.7. The van der Waals surface area contributed by atoms with Crippen LogP contribution < -0.4 is 10.6 Å². The van der Waals surface area contributed by atoms with Crippen molar-refractivity contribution < 1.29 is 18.8 Å². The monoisotopic (exact) mass is 473 g/mol. The predicted octanol–water partition coefficient (Wildman–Crippen LogP) is 4.23. The molecule has 0 radical (unpaired) electrons. The summed E-state index contributed by atoms with van der Waals surface area (Å²) in [5.74, 6) is -0.917. The van der Waals surface area contributed by atoms with Crippen molar-refractivity contribution in [3.05, 3.63) is 95.9 Å². The number of rotatable bonds is 9. The number of hydrogen-bond acceptors (Lipinski definition) is 4. The van der Waals surface area contributed by atoms with Gasteiger partial charge in [0.05, 0.1) is 12.8 Å². The second-order valence-electron chi connectivity index (χ2n) is 8.82. The lowest BCUT2D eigenvalue weighted by Gasteiger charge is -2.33. The molecular weight excluding hydrogens is 442 g/mol. The summed E-state index contributed by atoms with van der Waals surface area (Å²) < 4.78 is 5.12. The molecular formula is C28H31N3O4. The molecule has 0 saturated heterocycles. The maximum Gasteiger partial charge on any atom is 0.287 e. The Labute approximate surface area is 205 Å². The molecule has 1 saturated carbocycles. The van der Waals surface area contributed by atoms with E-state index >= 15 is 0 Å². The molecule has 1 atom stereocenters. The topological polar surface area (TPSA) is 91.7 Å². The minimum absolute atomic E-state index is 0.106. The zero-order valence-corrected chi connectivity index (χ0v) is 19.7. The Kier molecular flexibility index (Phi) is 8.33. The lowest BCUT2D eigenvalue weighted by molar-refractivity contribution is -0.141. The van der Waals surface area contributed by atoms with Gasteiger partial charge in [-0.3, -0.25) is 14.4 Å². The summed E-state index contributed by atoms with van der Waals surface area (Å²) in [5.41, 5.74) is 1.62. The van der Waals surface area contributed by atoms with Gasteiger partial charge in [0, 0.05) is 12.6 Å². The first-order chi connectivity index (χ1) is 17.1. The fourth-order valence-electron chi connectivity index (χ4n) is 4.49. The zero-order valence-electron chi connectivity index (χ0n) is 19.7. The lowest BCUT2D eigenvalue weighted by atomic mass is 9.94. The normalized spacial score (nSPS) is 14.6. The number of carbonyl (C=O) groups excluding carboxylic acids is 3. The zero-order chi connectivity index (χ0) is 24.5. The molecule has 4 rings (SSSR count). The van der Waals surface area contributed by atoms with Crippen molar-refractivity contribution in [3.8, 4) is 0 Å². The molecule has 1 aliphatic rings. The number of hydrogen-bond donors (Lipinski definition) is 2. The summed E-state index contributed by atoms with van der Waals surface area (Å²) in [4.78, 5) is 41.1. The molecule has 182 valence electrons. The smallest absolute Gasteiger partial charge is 0.287 e.